The SMILES string of the molecule is CCCOc1ccc(C2=C(Nc3ccc(OCC)cc3)C(=O)N(C)C2=O)cc1. The van der Waals surface area contributed by atoms with Gasteiger partial charge in [-0.05, 0) is 55.3 Å². The Hall–Kier alpha value is -3.28. The molecule has 0 atom stereocenters. The highest BCUT2D eigenvalue weighted by Gasteiger charge is 2.36. The van der Waals surface area contributed by atoms with Gasteiger partial charge < -0.3 is 14.8 Å². The molecule has 146 valence electrons. The molecule has 1 aliphatic heterocycles. The summed E-state index contributed by atoms with van der Waals surface area (Å²) in [6.07, 6.45) is 0.918. The number of nitrogens with one attached hydrogen (secondary N) is 1. The number of ether oxygens (including phenoxy) is 2. The molecule has 2 aromatic rings. The minimum atomic E-state index is -0.361. The van der Waals surface area contributed by atoms with E-state index in [0.29, 0.717) is 30.0 Å². The van der Waals surface area contributed by atoms with E-state index in [1.165, 1.54) is 7.05 Å². The number of carbonyl (C=O) groups is 2. The lowest BCUT2D eigenvalue weighted by Crippen LogP contribution is -2.27. The molecule has 0 spiro atoms. The van der Waals surface area contributed by atoms with Gasteiger partial charge in [-0.15, -0.1) is 0 Å². The molecule has 0 radical (unpaired) electrons. The van der Waals surface area contributed by atoms with Crippen molar-refractivity contribution in [2.75, 3.05) is 25.6 Å². The topological polar surface area (TPSA) is 67.9 Å². The highest BCUT2D eigenvalue weighted by molar-refractivity contribution is 6.36. The Labute approximate surface area is 164 Å². The molecule has 1 N–H and O–H groups in total. The fourth-order valence-electron chi connectivity index (χ4n) is 2.91. The van der Waals surface area contributed by atoms with Crippen LogP contribution in [0, 0.1) is 0 Å². The number of nitrogens with zero attached hydrogens (tertiary/aromatic N) is 1. The fraction of sp³-hybridized carbons (Fsp3) is 0.273. The summed E-state index contributed by atoms with van der Waals surface area (Å²) >= 11 is 0. The molecular formula is C22H24N2O4. The lowest BCUT2D eigenvalue weighted by Gasteiger charge is -2.10. The lowest BCUT2D eigenvalue weighted by molar-refractivity contribution is -0.135. The summed E-state index contributed by atoms with van der Waals surface area (Å²) < 4.78 is 11.0. The molecule has 1 aliphatic rings. The van der Waals surface area contributed by atoms with Crippen LogP contribution in [0.3, 0.4) is 0 Å². The van der Waals surface area contributed by atoms with Gasteiger partial charge in [0.05, 0.1) is 18.8 Å². The summed E-state index contributed by atoms with van der Waals surface area (Å²) in [5.41, 5.74) is 1.98. The van der Waals surface area contributed by atoms with Gasteiger partial charge in [-0.25, -0.2) is 0 Å². The molecule has 0 unspecified atom stereocenters. The highest BCUT2D eigenvalue weighted by atomic mass is 16.5. The van der Waals surface area contributed by atoms with E-state index in [-0.39, 0.29) is 17.5 Å². The third-order valence-corrected chi connectivity index (χ3v) is 4.34. The lowest BCUT2D eigenvalue weighted by atomic mass is 10.0. The number of imide groups is 1. The van der Waals surface area contributed by atoms with E-state index in [1.807, 2.05) is 50.2 Å². The first-order valence-electron chi connectivity index (χ1n) is 9.35. The van der Waals surface area contributed by atoms with Crippen LogP contribution in [-0.2, 0) is 9.59 Å². The molecule has 0 bridgehead atoms. The van der Waals surface area contributed by atoms with Gasteiger partial charge in [-0.1, -0.05) is 19.1 Å². The van der Waals surface area contributed by atoms with E-state index in [4.69, 9.17) is 9.47 Å². The van der Waals surface area contributed by atoms with Gasteiger partial charge in [-0.2, -0.15) is 0 Å². The van der Waals surface area contributed by atoms with Crippen molar-refractivity contribution in [3.63, 3.8) is 0 Å². The average molecular weight is 380 g/mol. The minimum absolute atomic E-state index is 0.263. The van der Waals surface area contributed by atoms with Crippen LogP contribution in [0.1, 0.15) is 25.8 Å². The summed E-state index contributed by atoms with van der Waals surface area (Å²) in [5, 5.41) is 3.10. The molecule has 0 saturated carbocycles. The van der Waals surface area contributed by atoms with Gasteiger partial charge in [-0.3, -0.25) is 14.5 Å². The van der Waals surface area contributed by atoms with Crippen molar-refractivity contribution in [1.82, 2.24) is 4.90 Å². The van der Waals surface area contributed by atoms with Gasteiger partial charge in [0.2, 0.25) is 0 Å². The van der Waals surface area contributed by atoms with Crippen LogP contribution in [0.4, 0.5) is 5.69 Å². The number of rotatable bonds is 8. The van der Waals surface area contributed by atoms with Crippen LogP contribution >= 0.6 is 0 Å². The molecule has 28 heavy (non-hydrogen) atoms. The van der Waals surface area contributed by atoms with Crippen molar-refractivity contribution in [2.45, 2.75) is 20.3 Å². The van der Waals surface area contributed by atoms with Gasteiger partial charge in [0.15, 0.2) is 0 Å². The fourth-order valence-corrected chi connectivity index (χ4v) is 2.91. The van der Waals surface area contributed by atoms with Crippen molar-refractivity contribution >= 4 is 23.1 Å². The summed E-state index contributed by atoms with van der Waals surface area (Å²) in [7, 11) is 1.48. The van der Waals surface area contributed by atoms with E-state index in [0.717, 1.165) is 22.8 Å². The van der Waals surface area contributed by atoms with Gasteiger partial charge in [0, 0.05) is 12.7 Å². The summed E-state index contributed by atoms with van der Waals surface area (Å²) in [6, 6.07) is 14.5. The Bertz CT molecular complexity index is 886. The Morgan fingerprint density at radius 1 is 0.857 bits per heavy atom. The summed E-state index contributed by atoms with van der Waals surface area (Å²) in [5.74, 6) is 0.786. The zero-order chi connectivity index (χ0) is 20.1. The first-order chi connectivity index (χ1) is 13.5. The van der Waals surface area contributed by atoms with Crippen LogP contribution < -0.4 is 14.8 Å². The van der Waals surface area contributed by atoms with Crippen LogP contribution in [0.15, 0.2) is 54.2 Å². The Morgan fingerprint density at radius 3 is 2.07 bits per heavy atom. The third-order valence-electron chi connectivity index (χ3n) is 4.34. The standard InChI is InChI=1S/C22H24N2O4/c1-4-14-28-18-10-6-15(7-11-18)19-20(22(26)24(3)21(19)25)23-16-8-12-17(13-9-16)27-5-2/h6-13,23H,4-5,14H2,1-3H3. The Kier molecular flexibility index (Phi) is 5.99. The van der Waals surface area contributed by atoms with Crippen LogP contribution in [0.5, 0.6) is 11.5 Å². The second-order valence-corrected chi connectivity index (χ2v) is 6.37. The van der Waals surface area contributed by atoms with E-state index >= 15 is 0 Å². The molecule has 0 aromatic heterocycles. The number of benzene rings is 2. The monoisotopic (exact) mass is 380 g/mol. The van der Waals surface area contributed by atoms with Gasteiger partial charge in [0.25, 0.3) is 11.8 Å². The van der Waals surface area contributed by atoms with Crippen molar-refractivity contribution in [2.24, 2.45) is 0 Å². The number of amides is 2. The molecule has 0 aliphatic carbocycles. The highest BCUT2D eigenvalue weighted by Crippen LogP contribution is 2.31. The molecular weight excluding hydrogens is 356 g/mol. The molecule has 0 saturated heterocycles. The summed E-state index contributed by atoms with van der Waals surface area (Å²) in [6.45, 7) is 5.17. The number of hydrogen-bond acceptors (Lipinski definition) is 5. The largest absolute Gasteiger partial charge is 0.494 e. The predicted octanol–water partition coefficient (Wildman–Crippen LogP) is 3.70. The van der Waals surface area contributed by atoms with E-state index in [1.54, 1.807) is 12.1 Å². The predicted molar refractivity (Wildman–Crippen MR) is 108 cm³/mol. The van der Waals surface area contributed by atoms with Crippen LogP contribution in [0.25, 0.3) is 5.57 Å². The maximum atomic E-state index is 12.7. The zero-order valence-corrected chi connectivity index (χ0v) is 16.3. The molecule has 6 nitrogen and oxygen atoms in total. The van der Waals surface area contributed by atoms with Crippen molar-refractivity contribution in [3.8, 4) is 11.5 Å². The van der Waals surface area contributed by atoms with E-state index in [2.05, 4.69) is 5.32 Å². The number of anilines is 1. The van der Waals surface area contributed by atoms with Gasteiger partial charge in [0.1, 0.15) is 17.2 Å². The molecule has 2 aromatic carbocycles. The minimum Gasteiger partial charge on any atom is -0.494 e. The Balaban J connectivity index is 1.90. The quantitative estimate of drug-likeness (QED) is 0.708. The van der Waals surface area contributed by atoms with E-state index < -0.39 is 0 Å². The number of likely N-dealkylation sites (N-methyl/N-ethyl adjacent to an activating group) is 1. The second-order valence-electron chi connectivity index (χ2n) is 6.37. The second kappa shape index (κ2) is 8.61. The van der Waals surface area contributed by atoms with Crippen molar-refractivity contribution in [1.29, 1.82) is 0 Å². The Morgan fingerprint density at radius 2 is 1.46 bits per heavy atom. The smallest absolute Gasteiger partial charge is 0.277 e. The van der Waals surface area contributed by atoms with Crippen molar-refractivity contribution in [3.05, 3.63) is 59.8 Å². The normalized spacial score (nSPS) is 13.9. The first-order valence-corrected chi connectivity index (χ1v) is 9.35. The zero-order valence-electron chi connectivity index (χ0n) is 16.3. The van der Waals surface area contributed by atoms with Crippen molar-refractivity contribution < 1.29 is 19.1 Å². The van der Waals surface area contributed by atoms with Crippen LogP contribution in [-0.4, -0.2) is 37.0 Å². The van der Waals surface area contributed by atoms with Gasteiger partial charge >= 0.3 is 0 Å². The molecule has 0 fully saturated rings. The van der Waals surface area contributed by atoms with Crippen LogP contribution in [0.2, 0.25) is 0 Å². The third kappa shape index (κ3) is 4.01. The molecule has 2 amide bonds. The molecule has 3 rings (SSSR count). The molecule has 6 heteroatoms. The summed E-state index contributed by atoms with van der Waals surface area (Å²) in [4.78, 5) is 26.4. The first kappa shape index (κ1) is 19.5. The number of carbonyl (C=O) groups excluding carboxylic acids is 2. The maximum Gasteiger partial charge on any atom is 0.277 e. The van der Waals surface area contributed by atoms with E-state index in [9.17, 15) is 9.59 Å². The molecule has 1 heterocycles. The maximum absolute atomic E-state index is 12.7. The number of hydrogen-bond donors (Lipinski definition) is 1. The average Bonchev–Trinajstić information content (AvgIpc) is 2.92.